The van der Waals surface area contributed by atoms with Crippen molar-refractivity contribution in [3.63, 3.8) is 0 Å². The van der Waals surface area contributed by atoms with Crippen molar-refractivity contribution in [3.8, 4) is 0 Å². The molecular weight excluding hydrogens is 304 g/mol. The van der Waals surface area contributed by atoms with Crippen LogP contribution in [0.25, 0.3) is 0 Å². The van der Waals surface area contributed by atoms with Gasteiger partial charge in [-0.2, -0.15) is 11.8 Å². The Kier molecular flexibility index (Phi) is 6.01. The first kappa shape index (κ1) is 16.8. The molecule has 1 atom stereocenters. The molecule has 3 nitrogen and oxygen atoms in total. The van der Waals surface area contributed by atoms with Crippen LogP contribution in [0.2, 0.25) is 0 Å². The minimum absolute atomic E-state index is 0.387. The lowest BCUT2D eigenvalue weighted by Gasteiger charge is -2.26. The Hall–Kier alpha value is -1.000. The molecule has 1 aromatic carbocycles. The first-order valence-electron chi connectivity index (χ1n) is 8.82. The summed E-state index contributed by atoms with van der Waals surface area (Å²) in [6, 6.07) is 11.1. The number of likely N-dealkylation sites (tertiary alicyclic amines) is 1. The van der Waals surface area contributed by atoms with E-state index in [-0.39, 0.29) is 0 Å². The van der Waals surface area contributed by atoms with Crippen LogP contribution in [-0.4, -0.2) is 53.4 Å². The van der Waals surface area contributed by atoms with Gasteiger partial charge in [-0.25, -0.2) is 0 Å². The minimum atomic E-state index is 0.387. The van der Waals surface area contributed by atoms with Crippen molar-refractivity contribution in [3.05, 3.63) is 35.9 Å². The molecule has 23 heavy (non-hydrogen) atoms. The molecule has 1 aromatic rings. The zero-order valence-electron chi connectivity index (χ0n) is 14.1. The van der Waals surface area contributed by atoms with Gasteiger partial charge in [0.05, 0.1) is 0 Å². The summed E-state index contributed by atoms with van der Waals surface area (Å²) in [5, 5.41) is 0. The van der Waals surface area contributed by atoms with Crippen LogP contribution in [0.5, 0.6) is 0 Å². The molecule has 0 spiro atoms. The summed E-state index contributed by atoms with van der Waals surface area (Å²) in [6.07, 6.45) is 4.33. The molecule has 3 rings (SSSR count). The van der Waals surface area contributed by atoms with Crippen molar-refractivity contribution in [1.29, 1.82) is 0 Å². The van der Waals surface area contributed by atoms with Crippen LogP contribution in [0.4, 0.5) is 0 Å². The standard InChI is InChI=1S/C19H28N2OS/c1-20(14-17-5-3-2-4-6-17)18-7-10-21(15-18)19(22)13-16-8-11-23-12-9-16/h2-6,16,18H,7-15H2,1H3/t18-/m1/s1. The smallest absolute Gasteiger partial charge is 0.222 e. The zero-order valence-corrected chi connectivity index (χ0v) is 14.9. The Labute approximate surface area is 144 Å². The molecule has 0 radical (unpaired) electrons. The number of benzene rings is 1. The van der Waals surface area contributed by atoms with Gasteiger partial charge in [-0.3, -0.25) is 9.69 Å². The average molecular weight is 333 g/mol. The predicted molar refractivity (Wildman–Crippen MR) is 97.6 cm³/mol. The van der Waals surface area contributed by atoms with Gasteiger partial charge >= 0.3 is 0 Å². The maximum absolute atomic E-state index is 12.5. The highest BCUT2D eigenvalue weighted by Crippen LogP contribution is 2.27. The molecule has 0 unspecified atom stereocenters. The molecule has 4 heteroatoms. The van der Waals surface area contributed by atoms with Gasteiger partial charge < -0.3 is 4.90 Å². The van der Waals surface area contributed by atoms with Gasteiger partial charge in [0.25, 0.3) is 0 Å². The molecule has 126 valence electrons. The van der Waals surface area contributed by atoms with Crippen LogP contribution in [0.3, 0.4) is 0 Å². The van der Waals surface area contributed by atoms with Gasteiger partial charge in [0.15, 0.2) is 0 Å². The Balaban J connectivity index is 1.46. The van der Waals surface area contributed by atoms with Crippen molar-refractivity contribution in [2.24, 2.45) is 5.92 Å². The van der Waals surface area contributed by atoms with E-state index in [4.69, 9.17) is 0 Å². The monoisotopic (exact) mass is 332 g/mol. The molecule has 2 aliphatic heterocycles. The largest absolute Gasteiger partial charge is 0.341 e. The second-order valence-electron chi connectivity index (χ2n) is 6.94. The van der Waals surface area contributed by atoms with E-state index >= 15 is 0 Å². The van der Waals surface area contributed by atoms with E-state index in [1.165, 1.54) is 29.9 Å². The fourth-order valence-corrected chi connectivity index (χ4v) is 4.86. The molecule has 0 aromatic heterocycles. The topological polar surface area (TPSA) is 23.6 Å². The zero-order chi connectivity index (χ0) is 16.1. The van der Waals surface area contributed by atoms with E-state index in [2.05, 4.69) is 47.2 Å². The van der Waals surface area contributed by atoms with Gasteiger partial charge in [-0.1, -0.05) is 30.3 Å². The number of nitrogens with zero attached hydrogens (tertiary/aromatic N) is 2. The van der Waals surface area contributed by atoms with E-state index in [0.29, 0.717) is 17.9 Å². The van der Waals surface area contributed by atoms with Crippen LogP contribution < -0.4 is 0 Å². The predicted octanol–water partition coefficient (Wildman–Crippen LogP) is 3.25. The summed E-state index contributed by atoms with van der Waals surface area (Å²) >= 11 is 2.03. The number of likely N-dealkylation sites (N-methyl/N-ethyl adjacent to an activating group) is 1. The summed E-state index contributed by atoms with van der Waals surface area (Å²) < 4.78 is 0. The van der Waals surface area contributed by atoms with Gasteiger partial charge in [0.1, 0.15) is 0 Å². The number of hydrogen-bond acceptors (Lipinski definition) is 3. The van der Waals surface area contributed by atoms with Gasteiger partial charge in [-0.15, -0.1) is 0 Å². The number of hydrogen-bond donors (Lipinski definition) is 0. The van der Waals surface area contributed by atoms with E-state index in [9.17, 15) is 4.79 Å². The van der Waals surface area contributed by atoms with Crippen molar-refractivity contribution in [2.45, 2.75) is 38.3 Å². The Morgan fingerprint density at radius 1 is 1.22 bits per heavy atom. The van der Waals surface area contributed by atoms with E-state index in [0.717, 1.165) is 32.5 Å². The summed E-state index contributed by atoms with van der Waals surface area (Å²) in [6.45, 7) is 2.81. The van der Waals surface area contributed by atoms with Crippen molar-refractivity contribution in [2.75, 3.05) is 31.6 Å². The summed E-state index contributed by atoms with van der Waals surface area (Å²) in [5.74, 6) is 3.49. The Morgan fingerprint density at radius 3 is 2.70 bits per heavy atom. The van der Waals surface area contributed by atoms with Crippen molar-refractivity contribution in [1.82, 2.24) is 9.80 Å². The van der Waals surface area contributed by atoms with Crippen molar-refractivity contribution >= 4 is 17.7 Å². The van der Waals surface area contributed by atoms with E-state index in [1.807, 2.05) is 11.8 Å². The second kappa shape index (κ2) is 8.20. The quantitative estimate of drug-likeness (QED) is 0.827. The fraction of sp³-hybridized carbons (Fsp3) is 0.632. The molecule has 0 aliphatic carbocycles. The molecule has 0 N–H and O–H groups in total. The third kappa shape index (κ3) is 4.74. The number of rotatable bonds is 5. The highest BCUT2D eigenvalue weighted by atomic mass is 32.2. The van der Waals surface area contributed by atoms with Crippen LogP contribution in [-0.2, 0) is 11.3 Å². The SMILES string of the molecule is CN(Cc1ccccc1)[C@@H]1CCN(C(=O)CC2CCSCC2)C1. The molecule has 2 heterocycles. The maximum atomic E-state index is 12.5. The molecule has 1 amide bonds. The molecule has 2 aliphatic rings. The lowest BCUT2D eigenvalue weighted by Crippen LogP contribution is -2.36. The minimum Gasteiger partial charge on any atom is -0.341 e. The highest BCUT2D eigenvalue weighted by Gasteiger charge is 2.30. The van der Waals surface area contributed by atoms with Gasteiger partial charge in [0.2, 0.25) is 5.91 Å². The summed E-state index contributed by atoms with van der Waals surface area (Å²) in [4.78, 5) is 17.0. The van der Waals surface area contributed by atoms with Crippen LogP contribution >= 0.6 is 11.8 Å². The maximum Gasteiger partial charge on any atom is 0.222 e. The third-order valence-corrected chi connectivity index (χ3v) is 6.27. The lowest BCUT2D eigenvalue weighted by molar-refractivity contribution is -0.131. The van der Waals surface area contributed by atoms with Crippen LogP contribution in [0.15, 0.2) is 30.3 Å². The normalized spacial score (nSPS) is 22.7. The highest BCUT2D eigenvalue weighted by molar-refractivity contribution is 7.99. The van der Waals surface area contributed by atoms with Crippen LogP contribution in [0, 0.1) is 5.92 Å². The van der Waals surface area contributed by atoms with E-state index in [1.54, 1.807) is 0 Å². The first-order valence-corrected chi connectivity index (χ1v) is 9.97. The lowest BCUT2D eigenvalue weighted by atomic mass is 9.98. The Bertz CT molecular complexity index is 501. The second-order valence-corrected chi connectivity index (χ2v) is 8.17. The molecule has 0 saturated carbocycles. The first-order chi connectivity index (χ1) is 11.2. The fourth-order valence-electron chi connectivity index (χ4n) is 3.66. The third-order valence-electron chi connectivity index (χ3n) is 5.22. The summed E-state index contributed by atoms with van der Waals surface area (Å²) in [7, 11) is 2.18. The van der Waals surface area contributed by atoms with Crippen molar-refractivity contribution < 1.29 is 4.79 Å². The summed E-state index contributed by atoms with van der Waals surface area (Å²) in [5.41, 5.74) is 1.35. The number of thioether (sulfide) groups is 1. The van der Waals surface area contributed by atoms with Gasteiger partial charge in [-0.05, 0) is 49.3 Å². The number of carbonyl (C=O) groups excluding carboxylic acids is 1. The average Bonchev–Trinajstić information content (AvgIpc) is 3.07. The number of amides is 1. The van der Waals surface area contributed by atoms with E-state index < -0.39 is 0 Å². The molecule has 2 saturated heterocycles. The Morgan fingerprint density at radius 2 is 1.96 bits per heavy atom. The number of carbonyl (C=O) groups is 1. The molecule has 2 fully saturated rings. The molecular formula is C19H28N2OS. The van der Waals surface area contributed by atoms with Crippen LogP contribution in [0.1, 0.15) is 31.2 Å². The van der Waals surface area contributed by atoms with Gasteiger partial charge in [0, 0.05) is 32.1 Å². The molecule has 0 bridgehead atoms.